The number of benzene rings is 1. The maximum Gasteiger partial charge on any atom is 0.166 e. The first-order chi connectivity index (χ1) is 10.0. The van der Waals surface area contributed by atoms with E-state index in [1.165, 1.54) is 0 Å². The van der Waals surface area contributed by atoms with Gasteiger partial charge in [-0.25, -0.2) is 0 Å². The Morgan fingerprint density at radius 3 is 2.24 bits per heavy atom. The molecule has 2 fully saturated rings. The molecule has 2 aliphatic rings. The zero-order chi connectivity index (χ0) is 15.0. The van der Waals surface area contributed by atoms with Crippen LogP contribution in [-0.4, -0.2) is 26.6 Å². The van der Waals surface area contributed by atoms with Gasteiger partial charge in [-0.15, -0.1) is 0 Å². The van der Waals surface area contributed by atoms with Crippen molar-refractivity contribution >= 4 is 16.6 Å². The summed E-state index contributed by atoms with van der Waals surface area (Å²) in [7, 11) is -0.695. The van der Waals surface area contributed by atoms with Crippen molar-refractivity contribution in [2.75, 3.05) is 0 Å². The third-order valence-corrected chi connectivity index (χ3v) is 6.61. The molecule has 2 unspecified atom stereocenters. The summed E-state index contributed by atoms with van der Waals surface area (Å²) in [6, 6.07) is 7.44. The van der Waals surface area contributed by atoms with Crippen molar-refractivity contribution in [2.24, 2.45) is 5.92 Å². The summed E-state index contributed by atoms with van der Waals surface area (Å²) >= 11 is 0. The van der Waals surface area contributed by atoms with Crippen LogP contribution in [0.4, 0.5) is 0 Å². The van der Waals surface area contributed by atoms with Gasteiger partial charge in [0.25, 0.3) is 0 Å². The topological polar surface area (TPSA) is 43.4 Å². The van der Waals surface area contributed by atoms with Crippen LogP contribution in [0.1, 0.15) is 49.9 Å². The van der Waals surface area contributed by atoms with Gasteiger partial charge in [-0.3, -0.25) is 9.00 Å². The number of carbonyl (C=O) groups excluding carboxylic acids is 1. The molecule has 21 heavy (non-hydrogen) atoms. The van der Waals surface area contributed by atoms with Crippen molar-refractivity contribution < 1.29 is 13.7 Å². The van der Waals surface area contributed by atoms with Gasteiger partial charge in [0.1, 0.15) is 5.75 Å². The Hall–Kier alpha value is -1.16. The molecule has 2 heterocycles. The van der Waals surface area contributed by atoms with Gasteiger partial charge < -0.3 is 4.74 Å². The van der Waals surface area contributed by atoms with E-state index < -0.39 is 10.8 Å². The zero-order valence-corrected chi connectivity index (χ0v) is 13.4. The number of Topliss-reactive ketones (excluding diaryl/α,β-unsaturated/α-hetero) is 1. The Bertz CT molecular complexity index is 534. The summed E-state index contributed by atoms with van der Waals surface area (Å²) in [6.07, 6.45) is 3.79. The largest absolute Gasteiger partial charge is 0.491 e. The average Bonchev–Trinajstić information content (AvgIpc) is 2.68. The molecule has 0 aliphatic carbocycles. The lowest BCUT2D eigenvalue weighted by Crippen LogP contribution is -2.32. The first kappa shape index (κ1) is 14.8. The summed E-state index contributed by atoms with van der Waals surface area (Å²) in [5, 5.41) is 0.502. The molecule has 0 radical (unpaired) electrons. The molecule has 1 aromatic carbocycles. The van der Waals surface area contributed by atoms with E-state index in [4.69, 9.17) is 4.74 Å². The van der Waals surface area contributed by atoms with Crippen LogP contribution in [0.2, 0.25) is 0 Å². The van der Waals surface area contributed by atoms with Crippen LogP contribution in [-0.2, 0) is 10.8 Å². The molecule has 3 rings (SSSR count). The molecular formula is C17H22O3S. The van der Waals surface area contributed by atoms with E-state index in [1.807, 2.05) is 38.1 Å². The van der Waals surface area contributed by atoms with Crippen LogP contribution < -0.4 is 4.74 Å². The highest BCUT2D eigenvalue weighted by atomic mass is 32.2. The van der Waals surface area contributed by atoms with Gasteiger partial charge in [-0.1, -0.05) is 0 Å². The fraction of sp³-hybridized carbons (Fsp3) is 0.588. The molecule has 2 aliphatic heterocycles. The average molecular weight is 306 g/mol. The molecule has 4 heteroatoms. The van der Waals surface area contributed by atoms with E-state index in [0.717, 1.165) is 37.0 Å². The number of carbonyl (C=O) groups is 1. The van der Waals surface area contributed by atoms with Gasteiger partial charge in [0, 0.05) is 32.8 Å². The van der Waals surface area contributed by atoms with Gasteiger partial charge in [0.15, 0.2) is 5.78 Å². The fourth-order valence-corrected chi connectivity index (χ4v) is 5.58. The van der Waals surface area contributed by atoms with E-state index in [-0.39, 0.29) is 28.3 Å². The minimum absolute atomic E-state index is 0.0528. The summed E-state index contributed by atoms with van der Waals surface area (Å²) in [5.41, 5.74) is 0.753. The Morgan fingerprint density at radius 2 is 1.71 bits per heavy atom. The van der Waals surface area contributed by atoms with E-state index >= 15 is 0 Å². The third-order valence-electron chi connectivity index (χ3n) is 4.44. The molecular weight excluding hydrogens is 284 g/mol. The van der Waals surface area contributed by atoms with Gasteiger partial charge in [-0.05, 0) is 63.8 Å². The molecule has 1 aromatic rings. The van der Waals surface area contributed by atoms with Gasteiger partial charge in [0.05, 0.1) is 6.10 Å². The van der Waals surface area contributed by atoms with E-state index in [9.17, 15) is 9.00 Å². The van der Waals surface area contributed by atoms with Crippen molar-refractivity contribution in [3.8, 4) is 5.75 Å². The lowest BCUT2D eigenvalue weighted by atomic mass is 9.90. The van der Waals surface area contributed by atoms with Crippen LogP contribution in [0.5, 0.6) is 5.75 Å². The van der Waals surface area contributed by atoms with Crippen molar-refractivity contribution in [2.45, 2.75) is 56.1 Å². The predicted molar refractivity (Wildman–Crippen MR) is 84.2 cm³/mol. The molecule has 0 amide bonds. The van der Waals surface area contributed by atoms with Gasteiger partial charge >= 0.3 is 0 Å². The normalized spacial score (nSPS) is 31.4. The van der Waals surface area contributed by atoms with Crippen LogP contribution in [0.15, 0.2) is 24.3 Å². The lowest BCUT2D eigenvalue weighted by Gasteiger charge is -2.26. The fourth-order valence-electron chi connectivity index (χ4n) is 3.45. The zero-order valence-electron chi connectivity index (χ0n) is 12.6. The highest BCUT2D eigenvalue weighted by molar-refractivity contribution is 7.86. The van der Waals surface area contributed by atoms with Crippen LogP contribution in [0.3, 0.4) is 0 Å². The molecule has 2 atom stereocenters. The number of hydrogen-bond donors (Lipinski definition) is 0. The second-order valence-electron chi connectivity index (χ2n) is 6.37. The number of hydrogen-bond acceptors (Lipinski definition) is 3. The smallest absolute Gasteiger partial charge is 0.166 e. The number of rotatable bonds is 4. The third kappa shape index (κ3) is 3.05. The van der Waals surface area contributed by atoms with Crippen LogP contribution in [0.25, 0.3) is 0 Å². The van der Waals surface area contributed by atoms with E-state index in [1.54, 1.807) is 0 Å². The SMILES string of the molecule is CC(C)Oc1ccc(C(=O)C2CC3CCC(C2)S3=O)cc1. The molecule has 2 bridgehead atoms. The lowest BCUT2D eigenvalue weighted by molar-refractivity contribution is 0.0906. The Morgan fingerprint density at radius 1 is 1.14 bits per heavy atom. The van der Waals surface area contributed by atoms with E-state index in [0.29, 0.717) is 0 Å². The van der Waals surface area contributed by atoms with Crippen molar-refractivity contribution in [3.05, 3.63) is 29.8 Å². The summed E-state index contributed by atoms with van der Waals surface area (Å²) < 4.78 is 17.6. The molecule has 2 saturated heterocycles. The molecule has 0 spiro atoms. The minimum atomic E-state index is -0.695. The Balaban J connectivity index is 1.69. The van der Waals surface area contributed by atoms with Crippen LogP contribution >= 0.6 is 0 Å². The minimum Gasteiger partial charge on any atom is -0.491 e. The monoisotopic (exact) mass is 306 g/mol. The highest BCUT2D eigenvalue weighted by Gasteiger charge is 2.42. The van der Waals surface area contributed by atoms with Crippen molar-refractivity contribution in [3.63, 3.8) is 0 Å². The van der Waals surface area contributed by atoms with Gasteiger partial charge in [0.2, 0.25) is 0 Å². The Labute approximate surface area is 128 Å². The van der Waals surface area contributed by atoms with Crippen molar-refractivity contribution in [1.82, 2.24) is 0 Å². The quantitative estimate of drug-likeness (QED) is 0.801. The molecule has 0 N–H and O–H groups in total. The number of ketones is 1. The maximum atomic E-state index is 12.6. The second-order valence-corrected chi connectivity index (χ2v) is 8.36. The van der Waals surface area contributed by atoms with E-state index in [2.05, 4.69) is 0 Å². The summed E-state index contributed by atoms with van der Waals surface area (Å²) in [5.74, 6) is 1.06. The molecule has 0 saturated carbocycles. The number of fused-ring (bicyclic) bond motifs is 2. The first-order valence-electron chi connectivity index (χ1n) is 7.75. The summed E-state index contributed by atoms with van der Waals surface area (Å²) in [4.78, 5) is 12.6. The van der Waals surface area contributed by atoms with Gasteiger partial charge in [-0.2, -0.15) is 0 Å². The maximum absolute atomic E-state index is 12.6. The number of ether oxygens (including phenoxy) is 1. The first-order valence-corrected chi connectivity index (χ1v) is 9.02. The Kier molecular flexibility index (Phi) is 4.16. The second kappa shape index (κ2) is 5.91. The molecule has 0 aromatic heterocycles. The molecule has 3 nitrogen and oxygen atoms in total. The van der Waals surface area contributed by atoms with Crippen LogP contribution in [0, 0.1) is 5.92 Å². The predicted octanol–water partition coefficient (Wildman–Crippen LogP) is 3.35. The summed E-state index contributed by atoms with van der Waals surface area (Å²) in [6.45, 7) is 3.97. The molecule has 114 valence electrons. The van der Waals surface area contributed by atoms with Crippen molar-refractivity contribution in [1.29, 1.82) is 0 Å². The standard InChI is InChI=1S/C17H22O3S/c1-11(2)20-14-5-3-12(4-6-14)17(18)13-9-15-7-8-16(10-13)21(15)19/h3-6,11,13,15-16H,7-10H2,1-2H3. The highest BCUT2D eigenvalue weighted by Crippen LogP contribution is 2.39.